The second-order valence-corrected chi connectivity index (χ2v) is 4.80. The second kappa shape index (κ2) is 3.49. The van der Waals surface area contributed by atoms with Crippen LogP contribution in [0, 0.1) is 5.41 Å². The summed E-state index contributed by atoms with van der Waals surface area (Å²) in [4.78, 5) is 6.71. The maximum atomic E-state index is 13.1. The monoisotopic (exact) mass is 268 g/mol. The number of hydrogen-bond donors (Lipinski definition) is 3. The summed E-state index contributed by atoms with van der Waals surface area (Å²) in [5.74, 6) is -0.185. The molecule has 4 N–H and O–H groups in total. The molecule has 0 saturated heterocycles. The quantitative estimate of drug-likeness (QED) is 0.577. The van der Waals surface area contributed by atoms with Crippen molar-refractivity contribution in [2.24, 2.45) is 5.73 Å². The molecule has 1 aliphatic rings. The van der Waals surface area contributed by atoms with Crippen LogP contribution in [0.25, 0.3) is 11.0 Å². The number of pyridine rings is 1. The normalized spacial score (nSPS) is 17.6. The summed E-state index contributed by atoms with van der Waals surface area (Å²) in [5.41, 5.74) is 4.48. The summed E-state index contributed by atoms with van der Waals surface area (Å²) in [7, 11) is 0. The second-order valence-electron chi connectivity index (χ2n) is 4.80. The molecule has 2 heterocycles. The highest BCUT2D eigenvalue weighted by atomic mass is 19.4. The lowest BCUT2D eigenvalue weighted by molar-refractivity contribution is -0.161. The topological polar surface area (TPSA) is 78.6 Å². The van der Waals surface area contributed by atoms with Crippen LogP contribution in [0.3, 0.4) is 0 Å². The van der Waals surface area contributed by atoms with Gasteiger partial charge in [-0.2, -0.15) is 13.2 Å². The maximum absolute atomic E-state index is 13.1. The largest absolute Gasteiger partial charge is 0.399 e. The summed E-state index contributed by atoms with van der Waals surface area (Å²) < 4.78 is 39.2. The number of amidine groups is 1. The van der Waals surface area contributed by atoms with Gasteiger partial charge in [0.15, 0.2) is 0 Å². The average molecular weight is 268 g/mol. The molecular formula is C12H11F3N4. The Hall–Kier alpha value is -2.05. The van der Waals surface area contributed by atoms with Crippen LogP contribution in [-0.4, -0.2) is 22.0 Å². The number of H-pyrrole nitrogens is 1. The minimum Gasteiger partial charge on any atom is -0.384 e. The number of hydrogen-bond acceptors (Lipinski definition) is 2. The van der Waals surface area contributed by atoms with E-state index in [1.165, 1.54) is 18.3 Å². The highest BCUT2D eigenvalue weighted by Gasteiger charge is 2.65. The van der Waals surface area contributed by atoms with Gasteiger partial charge in [0.1, 0.15) is 16.9 Å². The van der Waals surface area contributed by atoms with Crippen molar-refractivity contribution in [1.82, 2.24) is 9.97 Å². The highest BCUT2D eigenvalue weighted by molar-refractivity contribution is 6.06. The van der Waals surface area contributed by atoms with E-state index >= 15 is 0 Å². The molecule has 1 aliphatic carbocycles. The number of fused-ring (bicyclic) bond motifs is 1. The van der Waals surface area contributed by atoms with Gasteiger partial charge in [-0.1, -0.05) is 0 Å². The van der Waals surface area contributed by atoms with E-state index < -0.39 is 11.6 Å². The van der Waals surface area contributed by atoms with Crippen LogP contribution < -0.4 is 5.73 Å². The Morgan fingerprint density at radius 2 is 2.11 bits per heavy atom. The van der Waals surface area contributed by atoms with E-state index in [1.807, 2.05) is 0 Å². The predicted octanol–water partition coefficient (Wildman–Crippen LogP) is 2.44. The van der Waals surface area contributed by atoms with Crippen molar-refractivity contribution in [2.75, 3.05) is 0 Å². The molecule has 3 rings (SSSR count). The Morgan fingerprint density at radius 3 is 2.63 bits per heavy atom. The molecule has 0 bridgehead atoms. The summed E-state index contributed by atoms with van der Waals surface area (Å²) >= 11 is 0. The first-order chi connectivity index (χ1) is 8.85. The van der Waals surface area contributed by atoms with Gasteiger partial charge < -0.3 is 10.7 Å². The number of aromatic amines is 1. The number of rotatable bonds is 2. The van der Waals surface area contributed by atoms with Gasteiger partial charge in [-0.25, -0.2) is 4.98 Å². The molecule has 0 unspecified atom stereocenters. The minimum absolute atomic E-state index is 0.0821. The summed E-state index contributed by atoms with van der Waals surface area (Å²) in [6, 6.07) is 2.94. The van der Waals surface area contributed by atoms with Crippen LogP contribution in [0.15, 0.2) is 18.3 Å². The summed E-state index contributed by atoms with van der Waals surface area (Å²) in [5, 5.41) is 7.89. The van der Waals surface area contributed by atoms with Crippen molar-refractivity contribution in [3.8, 4) is 0 Å². The molecule has 1 saturated carbocycles. The van der Waals surface area contributed by atoms with Crippen molar-refractivity contribution >= 4 is 16.9 Å². The summed E-state index contributed by atoms with van der Waals surface area (Å²) in [6.07, 6.45) is -2.69. The lowest BCUT2D eigenvalue weighted by atomic mass is 10.0. The SMILES string of the molecule is N=C(N)c1ccnc2[nH]c(C3(C(F)(F)F)CC3)cc12. The first kappa shape index (κ1) is 12.0. The fraction of sp³-hybridized carbons (Fsp3) is 0.333. The van der Waals surface area contributed by atoms with Crippen LogP contribution in [0.4, 0.5) is 13.2 Å². The van der Waals surface area contributed by atoms with Crippen LogP contribution in [0.1, 0.15) is 24.1 Å². The van der Waals surface area contributed by atoms with Crippen LogP contribution in [0.2, 0.25) is 0 Å². The number of nitrogens with one attached hydrogen (secondary N) is 2. The standard InChI is InChI=1S/C12H11F3N4/c13-12(14,15)11(2-3-11)8-5-7-6(9(16)17)1-4-18-10(7)19-8/h1,4-5H,2-3H2,(H3,16,17)(H,18,19). The number of aromatic nitrogens is 2. The molecule has 0 radical (unpaired) electrons. The maximum Gasteiger partial charge on any atom is 0.399 e. The van der Waals surface area contributed by atoms with Crippen molar-refractivity contribution in [3.63, 3.8) is 0 Å². The first-order valence-corrected chi connectivity index (χ1v) is 5.74. The number of halogens is 3. The van der Waals surface area contributed by atoms with Crippen molar-refractivity contribution in [2.45, 2.75) is 24.4 Å². The van der Waals surface area contributed by atoms with E-state index in [9.17, 15) is 13.2 Å². The van der Waals surface area contributed by atoms with E-state index in [2.05, 4.69) is 9.97 Å². The third kappa shape index (κ3) is 1.61. The molecule has 7 heteroatoms. The zero-order valence-electron chi connectivity index (χ0n) is 9.80. The molecule has 2 aromatic rings. The third-order valence-electron chi connectivity index (χ3n) is 3.63. The number of alkyl halides is 3. The minimum atomic E-state index is -4.27. The smallest absolute Gasteiger partial charge is 0.384 e. The van der Waals surface area contributed by atoms with E-state index in [-0.39, 0.29) is 24.4 Å². The molecule has 0 amide bonds. The van der Waals surface area contributed by atoms with Crippen LogP contribution >= 0.6 is 0 Å². The Morgan fingerprint density at radius 1 is 1.42 bits per heavy atom. The fourth-order valence-corrected chi connectivity index (χ4v) is 2.35. The van der Waals surface area contributed by atoms with Gasteiger partial charge in [0.05, 0.1) is 0 Å². The molecule has 0 spiro atoms. The van der Waals surface area contributed by atoms with Crippen molar-refractivity contribution in [3.05, 3.63) is 29.6 Å². The molecule has 1 fully saturated rings. The molecule has 100 valence electrons. The Labute approximate surface area is 106 Å². The first-order valence-electron chi connectivity index (χ1n) is 5.74. The van der Waals surface area contributed by atoms with Crippen molar-refractivity contribution in [1.29, 1.82) is 5.41 Å². The van der Waals surface area contributed by atoms with E-state index in [4.69, 9.17) is 11.1 Å². The van der Waals surface area contributed by atoms with Gasteiger partial charge in [0.25, 0.3) is 0 Å². The molecule has 0 aliphatic heterocycles. The third-order valence-corrected chi connectivity index (χ3v) is 3.63. The van der Waals surface area contributed by atoms with Crippen molar-refractivity contribution < 1.29 is 13.2 Å². The lowest BCUT2D eigenvalue weighted by Gasteiger charge is -2.17. The zero-order valence-corrected chi connectivity index (χ0v) is 9.80. The van der Waals surface area contributed by atoms with Gasteiger partial charge >= 0.3 is 6.18 Å². The van der Waals surface area contributed by atoms with Crippen LogP contribution in [-0.2, 0) is 5.41 Å². The van der Waals surface area contributed by atoms with E-state index in [1.54, 1.807) is 0 Å². The summed E-state index contributed by atoms with van der Waals surface area (Å²) in [6.45, 7) is 0. The van der Waals surface area contributed by atoms with Gasteiger partial charge in [-0.3, -0.25) is 5.41 Å². The molecule has 19 heavy (non-hydrogen) atoms. The Kier molecular flexibility index (Phi) is 2.21. The fourth-order valence-electron chi connectivity index (χ4n) is 2.35. The predicted molar refractivity (Wildman–Crippen MR) is 64.1 cm³/mol. The Balaban J connectivity index is 2.19. The lowest BCUT2D eigenvalue weighted by Crippen LogP contribution is -2.28. The number of nitrogen functional groups attached to an aromatic ring is 1. The van der Waals surface area contributed by atoms with Gasteiger partial charge in [0, 0.05) is 22.8 Å². The Bertz CT molecular complexity index is 667. The van der Waals surface area contributed by atoms with E-state index in [0.717, 1.165) is 0 Å². The van der Waals surface area contributed by atoms with E-state index in [0.29, 0.717) is 16.6 Å². The molecule has 4 nitrogen and oxygen atoms in total. The van der Waals surface area contributed by atoms with Crippen LogP contribution in [0.5, 0.6) is 0 Å². The number of nitrogens with zero attached hydrogens (tertiary/aromatic N) is 1. The highest BCUT2D eigenvalue weighted by Crippen LogP contribution is 2.58. The molecule has 2 aromatic heterocycles. The molecular weight excluding hydrogens is 257 g/mol. The molecule has 0 atom stereocenters. The zero-order chi connectivity index (χ0) is 13.8. The van der Waals surface area contributed by atoms with Gasteiger partial charge in [-0.15, -0.1) is 0 Å². The number of nitrogens with two attached hydrogens (primary N) is 1. The molecule has 0 aromatic carbocycles. The van der Waals surface area contributed by atoms with Gasteiger partial charge in [-0.05, 0) is 25.0 Å². The average Bonchev–Trinajstić information content (AvgIpc) is 3.02. The van der Waals surface area contributed by atoms with Gasteiger partial charge in [0.2, 0.25) is 0 Å².